The molecule has 36 heavy (non-hydrogen) atoms. The van der Waals surface area contributed by atoms with Crippen molar-refractivity contribution in [1.82, 2.24) is 30.4 Å². The zero-order valence-corrected chi connectivity index (χ0v) is 19.3. The number of fused-ring (bicyclic) bond motifs is 3. The van der Waals surface area contributed by atoms with E-state index >= 15 is 0 Å². The molecular formula is C23H25F3N8O2. The molecule has 3 aromatic rings. The molecule has 190 valence electrons. The Labute approximate surface area is 204 Å². The number of halogens is 3. The molecule has 2 unspecified atom stereocenters. The lowest BCUT2D eigenvalue weighted by Crippen LogP contribution is -2.64. The molecule has 0 radical (unpaired) electrons. The van der Waals surface area contributed by atoms with Gasteiger partial charge in [-0.25, -0.2) is 19.4 Å². The number of morpholine rings is 1. The molecule has 2 saturated heterocycles. The van der Waals surface area contributed by atoms with Crippen molar-refractivity contribution >= 4 is 28.6 Å². The van der Waals surface area contributed by atoms with Crippen molar-refractivity contribution in [2.75, 3.05) is 36.5 Å². The highest BCUT2D eigenvalue weighted by Crippen LogP contribution is 2.33. The van der Waals surface area contributed by atoms with Crippen LogP contribution in [0.15, 0.2) is 30.5 Å². The van der Waals surface area contributed by atoms with Crippen molar-refractivity contribution < 1.29 is 22.7 Å². The Bertz CT molecular complexity index is 1250. The molecule has 3 N–H and O–H groups in total. The number of nitrogens with zero attached hydrogens (tertiary/aromatic N) is 5. The van der Waals surface area contributed by atoms with E-state index in [0.717, 1.165) is 17.5 Å². The van der Waals surface area contributed by atoms with Gasteiger partial charge in [0.15, 0.2) is 11.5 Å². The van der Waals surface area contributed by atoms with Crippen molar-refractivity contribution in [3.05, 3.63) is 30.5 Å². The van der Waals surface area contributed by atoms with Gasteiger partial charge in [-0.2, -0.15) is 18.3 Å². The molecular weight excluding hydrogens is 477 g/mol. The summed E-state index contributed by atoms with van der Waals surface area (Å²) in [6.45, 7) is 1.09. The van der Waals surface area contributed by atoms with E-state index in [0.29, 0.717) is 48.8 Å². The Morgan fingerprint density at radius 2 is 1.83 bits per heavy atom. The highest BCUT2D eigenvalue weighted by Gasteiger charge is 2.38. The number of carbonyl (C=O) groups excluding carboxylic acids is 1. The first-order chi connectivity index (χ1) is 17.3. The largest absolute Gasteiger partial charge is 0.408 e. The van der Waals surface area contributed by atoms with Crippen molar-refractivity contribution in [3.8, 4) is 11.4 Å². The summed E-state index contributed by atoms with van der Waals surface area (Å²) < 4.78 is 46.4. The first kappa shape index (κ1) is 23.0. The molecule has 2 aromatic heterocycles. The molecule has 13 heteroatoms. The molecule has 2 aliphatic heterocycles. The van der Waals surface area contributed by atoms with Gasteiger partial charge in [0, 0.05) is 30.4 Å². The topological polar surface area (TPSA) is 109 Å². The van der Waals surface area contributed by atoms with Crippen LogP contribution in [0.2, 0.25) is 0 Å². The molecule has 2 amide bonds. The quantitative estimate of drug-likeness (QED) is 0.492. The second kappa shape index (κ2) is 8.89. The van der Waals surface area contributed by atoms with Crippen LogP contribution >= 0.6 is 0 Å². The number of hydrogen-bond donors (Lipinski definition) is 3. The molecule has 10 nitrogen and oxygen atoms in total. The summed E-state index contributed by atoms with van der Waals surface area (Å²) in [5.74, 6) is 0.835. The van der Waals surface area contributed by atoms with Crippen LogP contribution in [-0.2, 0) is 11.3 Å². The Balaban J connectivity index is 1.38. The highest BCUT2D eigenvalue weighted by atomic mass is 19.4. The Morgan fingerprint density at radius 3 is 2.50 bits per heavy atom. The van der Waals surface area contributed by atoms with E-state index in [4.69, 9.17) is 9.72 Å². The van der Waals surface area contributed by atoms with Gasteiger partial charge in [-0.15, -0.1) is 0 Å². The van der Waals surface area contributed by atoms with E-state index in [1.807, 2.05) is 0 Å². The number of piperazine rings is 1. The predicted octanol–water partition coefficient (Wildman–Crippen LogP) is 2.52. The SMILES string of the molecule is O=C(Nc1ccc(-c2nc(N3C4CNCC3COC4)c3cnn(CC(F)(F)F)c3n2)cc1)NC1CC1. The van der Waals surface area contributed by atoms with Crippen molar-refractivity contribution in [3.63, 3.8) is 0 Å². The van der Waals surface area contributed by atoms with Crippen LogP contribution in [0, 0.1) is 0 Å². The fourth-order valence-corrected chi connectivity index (χ4v) is 4.71. The van der Waals surface area contributed by atoms with Gasteiger partial charge < -0.3 is 25.6 Å². The van der Waals surface area contributed by atoms with Crippen LogP contribution < -0.4 is 20.9 Å². The summed E-state index contributed by atoms with van der Waals surface area (Å²) in [6.07, 6.45) is -1.07. The zero-order valence-electron chi connectivity index (χ0n) is 19.3. The maximum Gasteiger partial charge on any atom is 0.408 e. The molecule has 2 bridgehead atoms. The average molecular weight is 503 g/mol. The Kier molecular flexibility index (Phi) is 5.67. The summed E-state index contributed by atoms with van der Waals surface area (Å²) in [6, 6.07) is 6.86. The minimum Gasteiger partial charge on any atom is -0.377 e. The van der Waals surface area contributed by atoms with Crippen molar-refractivity contribution in [2.45, 2.75) is 43.7 Å². The normalized spacial score (nSPS) is 22.0. The molecule has 1 saturated carbocycles. The van der Waals surface area contributed by atoms with Crippen LogP contribution in [0.1, 0.15) is 12.8 Å². The fourth-order valence-electron chi connectivity index (χ4n) is 4.71. The fraction of sp³-hybridized carbons (Fsp3) is 0.478. The van der Waals surface area contributed by atoms with E-state index in [2.05, 4.69) is 30.9 Å². The van der Waals surface area contributed by atoms with E-state index in [-0.39, 0.29) is 35.6 Å². The number of nitrogens with one attached hydrogen (secondary N) is 3. The third kappa shape index (κ3) is 4.67. The molecule has 1 aromatic carbocycles. The van der Waals surface area contributed by atoms with Gasteiger partial charge in [0.05, 0.1) is 36.9 Å². The number of aromatic nitrogens is 4. The maximum atomic E-state index is 13.3. The van der Waals surface area contributed by atoms with Gasteiger partial charge >= 0.3 is 12.2 Å². The number of alkyl halides is 3. The number of ether oxygens (including phenoxy) is 1. The van der Waals surface area contributed by atoms with Gasteiger partial charge in [-0.05, 0) is 37.1 Å². The Hall–Kier alpha value is -3.45. The second-order valence-electron chi connectivity index (χ2n) is 9.39. The molecule has 3 aliphatic rings. The zero-order chi connectivity index (χ0) is 24.9. The number of amides is 2. The first-order valence-electron chi connectivity index (χ1n) is 11.9. The van der Waals surface area contributed by atoms with Gasteiger partial charge in [-0.3, -0.25) is 0 Å². The number of anilines is 2. The smallest absolute Gasteiger partial charge is 0.377 e. The summed E-state index contributed by atoms with van der Waals surface area (Å²) >= 11 is 0. The summed E-state index contributed by atoms with van der Waals surface area (Å²) in [4.78, 5) is 23.5. The number of hydrogen-bond acceptors (Lipinski definition) is 7. The summed E-state index contributed by atoms with van der Waals surface area (Å²) in [5, 5.41) is 13.5. The minimum atomic E-state index is -4.45. The van der Waals surface area contributed by atoms with Gasteiger partial charge in [0.1, 0.15) is 12.4 Å². The van der Waals surface area contributed by atoms with Crippen molar-refractivity contribution in [1.29, 1.82) is 0 Å². The summed E-state index contributed by atoms with van der Waals surface area (Å²) in [7, 11) is 0. The molecule has 3 fully saturated rings. The van der Waals surface area contributed by atoms with Gasteiger partial charge in [-0.1, -0.05) is 0 Å². The number of rotatable bonds is 5. The lowest BCUT2D eigenvalue weighted by Gasteiger charge is -2.46. The molecule has 0 spiro atoms. The molecule has 6 rings (SSSR count). The highest BCUT2D eigenvalue weighted by molar-refractivity contribution is 5.91. The van der Waals surface area contributed by atoms with E-state index < -0.39 is 12.7 Å². The lowest BCUT2D eigenvalue weighted by molar-refractivity contribution is -0.141. The molecule has 1 aliphatic carbocycles. The van der Waals surface area contributed by atoms with Crippen LogP contribution in [0.4, 0.5) is 29.5 Å². The van der Waals surface area contributed by atoms with E-state index in [9.17, 15) is 18.0 Å². The third-order valence-electron chi connectivity index (χ3n) is 6.53. The summed E-state index contributed by atoms with van der Waals surface area (Å²) in [5.41, 5.74) is 1.33. The molecule has 2 atom stereocenters. The number of benzene rings is 1. The van der Waals surface area contributed by atoms with Crippen LogP contribution in [0.3, 0.4) is 0 Å². The van der Waals surface area contributed by atoms with Crippen molar-refractivity contribution in [2.24, 2.45) is 0 Å². The van der Waals surface area contributed by atoms with E-state index in [1.54, 1.807) is 24.3 Å². The van der Waals surface area contributed by atoms with E-state index in [1.165, 1.54) is 6.20 Å². The number of urea groups is 1. The second-order valence-corrected chi connectivity index (χ2v) is 9.39. The predicted molar refractivity (Wildman–Crippen MR) is 126 cm³/mol. The average Bonchev–Trinajstić information content (AvgIpc) is 3.56. The third-order valence-corrected chi connectivity index (χ3v) is 6.53. The maximum absolute atomic E-state index is 13.3. The van der Waals surface area contributed by atoms with Gasteiger partial charge in [0.2, 0.25) is 0 Å². The van der Waals surface area contributed by atoms with Crippen LogP contribution in [0.5, 0.6) is 0 Å². The Morgan fingerprint density at radius 1 is 1.11 bits per heavy atom. The first-order valence-corrected chi connectivity index (χ1v) is 11.9. The molecule has 4 heterocycles. The van der Waals surface area contributed by atoms with Crippen LogP contribution in [-0.4, -0.2) is 76.4 Å². The monoisotopic (exact) mass is 502 g/mol. The van der Waals surface area contributed by atoms with Crippen LogP contribution in [0.25, 0.3) is 22.4 Å². The standard InChI is InChI=1S/C23H25F3N8O2/c24-23(25,26)12-33-20-18(9-28-33)21(34-16-7-27-8-17(34)11-36-10-16)32-19(31-20)13-1-3-14(4-2-13)29-22(35)30-15-5-6-15/h1-4,9,15-17,27H,5-8,10-12H2,(H2,29,30,35). The minimum absolute atomic E-state index is 0.00836. The lowest BCUT2D eigenvalue weighted by atomic mass is 10.1. The van der Waals surface area contributed by atoms with Gasteiger partial charge in [0.25, 0.3) is 0 Å². The number of carbonyl (C=O) groups is 1.